The Morgan fingerprint density at radius 1 is 1.13 bits per heavy atom. The molecule has 1 fully saturated rings. The van der Waals surface area contributed by atoms with Gasteiger partial charge in [-0.15, -0.1) is 11.3 Å². The minimum Gasteiger partial charge on any atom is -0.497 e. The molecule has 31 heavy (non-hydrogen) atoms. The highest BCUT2D eigenvalue weighted by Crippen LogP contribution is 2.40. The van der Waals surface area contributed by atoms with Crippen LogP contribution in [0.1, 0.15) is 20.8 Å². The van der Waals surface area contributed by atoms with Crippen LogP contribution in [0.2, 0.25) is 0 Å². The molecule has 0 unspecified atom stereocenters. The molecule has 0 saturated carbocycles. The maximum absolute atomic E-state index is 12.4. The van der Waals surface area contributed by atoms with Gasteiger partial charge in [0.2, 0.25) is 0 Å². The van der Waals surface area contributed by atoms with Crippen molar-refractivity contribution >= 4 is 45.1 Å². The summed E-state index contributed by atoms with van der Waals surface area (Å²) in [6.45, 7) is 8.40. The van der Waals surface area contributed by atoms with Crippen molar-refractivity contribution in [2.45, 2.75) is 35.5 Å². The highest BCUT2D eigenvalue weighted by molar-refractivity contribution is 8.01. The van der Waals surface area contributed by atoms with E-state index in [2.05, 4.69) is 28.1 Å². The number of rotatable bonds is 4. The van der Waals surface area contributed by atoms with Crippen LogP contribution in [-0.2, 0) is 4.74 Å². The molecule has 3 aromatic rings. The van der Waals surface area contributed by atoms with Crippen molar-refractivity contribution in [3.8, 4) is 5.75 Å². The van der Waals surface area contributed by atoms with Gasteiger partial charge in [0.1, 0.15) is 17.2 Å². The van der Waals surface area contributed by atoms with E-state index in [0.717, 1.165) is 34.9 Å². The number of aromatic nitrogens is 1. The number of methoxy groups -OCH3 is 1. The summed E-state index contributed by atoms with van der Waals surface area (Å²) in [4.78, 5) is 22.2. The van der Waals surface area contributed by atoms with Gasteiger partial charge in [0.05, 0.1) is 11.3 Å². The van der Waals surface area contributed by atoms with Gasteiger partial charge in [0, 0.05) is 47.4 Å². The fourth-order valence-corrected chi connectivity index (χ4v) is 5.67. The number of piperazine rings is 1. The minimum absolute atomic E-state index is 0.245. The van der Waals surface area contributed by atoms with Crippen molar-refractivity contribution in [2.24, 2.45) is 0 Å². The van der Waals surface area contributed by atoms with Gasteiger partial charge >= 0.3 is 6.09 Å². The SMILES string of the molecule is COc1cccc(Sc2cc3c(N4CCN(C(=O)OC(C)(C)C)CC4)nccc3s2)c1. The molecule has 0 aliphatic carbocycles. The third-order valence-electron chi connectivity index (χ3n) is 4.89. The van der Waals surface area contributed by atoms with E-state index in [1.54, 1.807) is 35.1 Å². The molecule has 1 saturated heterocycles. The largest absolute Gasteiger partial charge is 0.497 e. The lowest BCUT2D eigenvalue weighted by molar-refractivity contribution is 0.0240. The van der Waals surface area contributed by atoms with Crippen LogP contribution in [0.3, 0.4) is 0 Å². The first kappa shape index (κ1) is 21.8. The second-order valence-corrected chi connectivity index (χ2v) is 10.8. The number of fused-ring (bicyclic) bond motifs is 1. The summed E-state index contributed by atoms with van der Waals surface area (Å²) in [6, 6.07) is 12.4. The summed E-state index contributed by atoms with van der Waals surface area (Å²) >= 11 is 3.50. The van der Waals surface area contributed by atoms with Gasteiger partial charge in [-0.2, -0.15) is 0 Å². The van der Waals surface area contributed by atoms with Crippen LogP contribution in [0.5, 0.6) is 5.75 Å². The van der Waals surface area contributed by atoms with Crippen LogP contribution < -0.4 is 9.64 Å². The number of anilines is 1. The van der Waals surface area contributed by atoms with Crippen molar-refractivity contribution < 1.29 is 14.3 Å². The number of benzene rings is 1. The molecule has 0 radical (unpaired) electrons. The molecule has 0 bridgehead atoms. The normalized spacial score (nSPS) is 14.7. The molecular weight excluding hydrogens is 430 g/mol. The fourth-order valence-electron chi connectivity index (χ4n) is 3.44. The number of nitrogens with zero attached hydrogens (tertiary/aromatic N) is 3. The van der Waals surface area contributed by atoms with E-state index in [0.29, 0.717) is 13.1 Å². The van der Waals surface area contributed by atoms with E-state index in [4.69, 9.17) is 9.47 Å². The van der Waals surface area contributed by atoms with E-state index in [1.807, 2.05) is 45.2 Å². The molecule has 1 amide bonds. The number of pyridine rings is 1. The summed E-state index contributed by atoms with van der Waals surface area (Å²) in [5.41, 5.74) is -0.477. The summed E-state index contributed by atoms with van der Waals surface area (Å²) in [6.07, 6.45) is 1.62. The standard InChI is InChI=1S/C23H27N3O3S2/c1-23(2,3)29-22(27)26-12-10-25(11-13-26)21-18-15-20(31-19(18)8-9-24-21)30-17-7-5-6-16(14-17)28-4/h5-9,14-15H,10-13H2,1-4H3. The Bertz CT molecular complexity index is 1070. The molecule has 0 spiro atoms. The van der Waals surface area contributed by atoms with Gasteiger partial charge in [0.15, 0.2) is 0 Å². The molecule has 2 aromatic heterocycles. The van der Waals surface area contributed by atoms with Gasteiger partial charge in [-0.1, -0.05) is 17.8 Å². The van der Waals surface area contributed by atoms with Gasteiger partial charge < -0.3 is 19.3 Å². The van der Waals surface area contributed by atoms with Gasteiger partial charge in [0.25, 0.3) is 0 Å². The van der Waals surface area contributed by atoms with E-state index < -0.39 is 5.60 Å². The van der Waals surface area contributed by atoms with Crippen LogP contribution in [0.4, 0.5) is 10.6 Å². The number of hydrogen-bond acceptors (Lipinski definition) is 7. The average Bonchev–Trinajstić information content (AvgIpc) is 3.15. The Kier molecular flexibility index (Phi) is 6.29. The average molecular weight is 458 g/mol. The third kappa shape index (κ3) is 5.25. The molecule has 3 heterocycles. The number of ether oxygens (including phenoxy) is 2. The molecule has 6 nitrogen and oxygen atoms in total. The van der Waals surface area contributed by atoms with Crippen molar-refractivity contribution in [1.82, 2.24) is 9.88 Å². The monoisotopic (exact) mass is 457 g/mol. The predicted molar refractivity (Wildman–Crippen MR) is 127 cm³/mol. The van der Waals surface area contributed by atoms with Gasteiger partial charge in [-0.3, -0.25) is 0 Å². The zero-order chi connectivity index (χ0) is 22.0. The van der Waals surface area contributed by atoms with Crippen LogP contribution in [0, 0.1) is 0 Å². The molecule has 1 aromatic carbocycles. The Morgan fingerprint density at radius 3 is 2.61 bits per heavy atom. The van der Waals surface area contributed by atoms with Crippen molar-refractivity contribution in [2.75, 3.05) is 38.2 Å². The van der Waals surface area contributed by atoms with Crippen molar-refractivity contribution in [3.05, 3.63) is 42.6 Å². The van der Waals surface area contributed by atoms with Crippen LogP contribution in [0.15, 0.2) is 51.7 Å². The minimum atomic E-state index is -0.477. The van der Waals surface area contributed by atoms with Gasteiger partial charge in [-0.05, 0) is 51.1 Å². The van der Waals surface area contributed by atoms with Crippen molar-refractivity contribution in [3.63, 3.8) is 0 Å². The quantitative estimate of drug-likeness (QED) is 0.515. The summed E-state index contributed by atoms with van der Waals surface area (Å²) in [5, 5.41) is 1.16. The Morgan fingerprint density at radius 2 is 1.90 bits per heavy atom. The number of hydrogen-bond donors (Lipinski definition) is 0. The van der Waals surface area contributed by atoms with E-state index >= 15 is 0 Å². The molecule has 1 aliphatic rings. The molecule has 164 valence electrons. The van der Waals surface area contributed by atoms with Crippen molar-refractivity contribution in [1.29, 1.82) is 0 Å². The van der Waals surface area contributed by atoms with Crippen LogP contribution in [0.25, 0.3) is 10.1 Å². The first-order valence-electron chi connectivity index (χ1n) is 10.3. The highest BCUT2D eigenvalue weighted by atomic mass is 32.2. The summed E-state index contributed by atoms with van der Waals surface area (Å²) < 4.78 is 13.3. The van der Waals surface area contributed by atoms with E-state index in [1.165, 1.54) is 8.91 Å². The maximum Gasteiger partial charge on any atom is 0.410 e. The zero-order valence-corrected chi connectivity index (χ0v) is 19.9. The number of amides is 1. The zero-order valence-electron chi connectivity index (χ0n) is 18.3. The van der Waals surface area contributed by atoms with Crippen LogP contribution in [-0.4, -0.2) is 54.9 Å². The third-order valence-corrected chi connectivity index (χ3v) is 7.10. The molecule has 8 heteroatoms. The predicted octanol–water partition coefficient (Wildman–Crippen LogP) is 5.51. The Hall–Kier alpha value is -2.45. The number of thiophene rings is 1. The fraction of sp³-hybridized carbons (Fsp3) is 0.391. The molecule has 0 atom stereocenters. The molecule has 0 N–H and O–H groups in total. The summed E-state index contributed by atoms with van der Waals surface area (Å²) in [5.74, 6) is 1.84. The number of carbonyl (C=O) groups excluding carboxylic acids is 1. The van der Waals surface area contributed by atoms with Gasteiger partial charge in [-0.25, -0.2) is 9.78 Å². The first-order valence-corrected chi connectivity index (χ1v) is 11.9. The molecular formula is C23H27N3O3S2. The molecule has 4 rings (SSSR count). The van der Waals surface area contributed by atoms with E-state index in [-0.39, 0.29) is 6.09 Å². The maximum atomic E-state index is 12.4. The lowest BCUT2D eigenvalue weighted by Gasteiger charge is -2.36. The lowest BCUT2D eigenvalue weighted by Crippen LogP contribution is -2.50. The number of carbonyl (C=O) groups is 1. The Balaban J connectivity index is 1.48. The summed E-state index contributed by atoms with van der Waals surface area (Å²) in [7, 11) is 1.68. The van der Waals surface area contributed by atoms with Crippen LogP contribution >= 0.6 is 23.1 Å². The second kappa shape index (κ2) is 8.96. The molecule has 1 aliphatic heterocycles. The Labute approximate surface area is 191 Å². The first-order chi connectivity index (χ1) is 14.8. The lowest BCUT2D eigenvalue weighted by atomic mass is 10.2. The smallest absolute Gasteiger partial charge is 0.410 e. The van der Waals surface area contributed by atoms with E-state index in [9.17, 15) is 4.79 Å². The highest BCUT2D eigenvalue weighted by Gasteiger charge is 2.27. The topological polar surface area (TPSA) is 54.9 Å². The second-order valence-electron chi connectivity index (χ2n) is 8.35.